The van der Waals surface area contributed by atoms with Gasteiger partial charge in [0.2, 0.25) is 0 Å². The van der Waals surface area contributed by atoms with Crippen molar-refractivity contribution in [2.45, 2.75) is 6.54 Å². The topological polar surface area (TPSA) is 59.1 Å². The van der Waals surface area contributed by atoms with Crippen LogP contribution in [0.25, 0.3) is 6.08 Å². The molecule has 2 aromatic carbocycles. The van der Waals surface area contributed by atoms with Gasteiger partial charge in [0.05, 0.1) is 31.8 Å². The summed E-state index contributed by atoms with van der Waals surface area (Å²) in [5.41, 5.74) is 2.44. The highest BCUT2D eigenvalue weighted by Crippen LogP contribution is 2.36. The summed E-state index contributed by atoms with van der Waals surface area (Å²) in [7, 11) is 1.58. The summed E-state index contributed by atoms with van der Waals surface area (Å²) in [4.78, 5) is 28.9. The monoisotopic (exact) mass is 428 g/mol. The Balaban J connectivity index is 1.54. The lowest BCUT2D eigenvalue weighted by atomic mass is 10.1. The molecule has 0 atom stereocenters. The molecule has 0 saturated carbocycles. The standard InChI is InChI=1S/C22H21FN2O4S/c1-28-19-13-18(24-8-10-29-11-9-24)7-4-16(19)12-20-21(26)25(22(27)30-20)14-15-2-5-17(23)6-3-15/h2-7,12-13H,8-11,14H2,1H3/b20-12-. The fraction of sp³-hybridized carbons (Fsp3) is 0.273. The van der Waals surface area contributed by atoms with E-state index in [0.717, 1.165) is 41.0 Å². The predicted molar refractivity (Wildman–Crippen MR) is 114 cm³/mol. The largest absolute Gasteiger partial charge is 0.496 e. The van der Waals surface area contributed by atoms with Gasteiger partial charge in [0, 0.05) is 30.4 Å². The second kappa shape index (κ2) is 8.89. The molecular formula is C22H21FN2O4S. The highest BCUT2D eigenvalue weighted by molar-refractivity contribution is 8.18. The van der Waals surface area contributed by atoms with E-state index in [2.05, 4.69) is 4.90 Å². The first kappa shape index (κ1) is 20.4. The van der Waals surface area contributed by atoms with Crippen LogP contribution in [0.3, 0.4) is 0 Å². The van der Waals surface area contributed by atoms with Crippen LogP contribution in [0.4, 0.5) is 14.9 Å². The molecule has 0 spiro atoms. The Kier molecular flexibility index (Phi) is 6.06. The van der Waals surface area contributed by atoms with Crippen molar-refractivity contribution in [3.8, 4) is 5.75 Å². The molecule has 2 aliphatic rings. The summed E-state index contributed by atoms with van der Waals surface area (Å²) in [6, 6.07) is 11.5. The minimum Gasteiger partial charge on any atom is -0.496 e. The van der Waals surface area contributed by atoms with Gasteiger partial charge < -0.3 is 14.4 Å². The van der Waals surface area contributed by atoms with Crippen LogP contribution in [0.1, 0.15) is 11.1 Å². The molecular weight excluding hydrogens is 407 g/mol. The number of hydrogen-bond donors (Lipinski definition) is 0. The third-order valence-electron chi connectivity index (χ3n) is 5.01. The lowest BCUT2D eigenvalue weighted by Gasteiger charge is -2.29. The van der Waals surface area contributed by atoms with E-state index in [0.29, 0.717) is 29.4 Å². The molecule has 0 bridgehead atoms. The normalized spacial score (nSPS) is 18.4. The van der Waals surface area contributed by atoms with Gasteiger partial charge in [0.25, 0.3) is 11.1 Å². The van der Waals surface area contributed by atoms with Crippen LogP contribution >= 0.6 is 11.8 Å². The fourth-order valence-corrected chi connectivity index (χ4v) is 4.22. The summed E-state index contributed by atoms with van der Waals surface area (Å²) in [6.45, 7) is 3.10. The highest BCUT2D eigenvalue weighted by atomic mass is 32.2. The fourth-order valence-electron chi connectivity index (χ4n) is 3.39. The average Bonchev–Trinajstić information content (AvgIpc) is 3.03. The van der Waals surface area contributed by atoms with E-state index in [1.165, 1.54) is 12.1 Å². The van der Waals surface area contributed by atoms with Crippen LogP contribution in [0, 0.1) is 5.82 Å². The lowest BCUT2D eigenvalue weighted by molar-refractivity contribution is -0.123. The number of carbonyl (C=O) groups is 2. The maximum absolute atomic E-state index is 13.1. The Bertz CT molecular complexity index is 987. The van der Waals surface area contributed by atoms with E-state index in [1.54, 1.807) is 25.3 Å². The number of ether oxygens (including phenoxy) is 2. The lowest BCUT2D eigenvalue weighted by Crippen LogP contribution is -2.36. The van der Waals surface area contributed by atoms with Crippen molar-refractivity contribution in [1.82, 2.24) is 4.90 Å². The zero-order chi connectivity index (χ0) is 21.1. The summed E-state index contributed by atoms with van der Waals surface area (Å²) < 4.78 is 24.0. The zero-order valence-corrected chi connectivity index (χ0v) is 17.3. The molecule has 0 unspecified atom stereocenters. The molecule has 0 radical (unpaired) electrons. The van der Waals surface area contributed by atoms with Crippen molar-refractivity contribution < 1.29 is 23.5 Å². The SMILES string of the molecule is COc1cc(N2CCOCC2)ccc1/C=C1\SC(=O)N(Cc2ccc(F)cc2)C1=O. The number of amides is 2. The molecule has 2 aliphatic heterocycles. The third-order valence-corrected chi connectivity index (χ3v) is 5.91. The van der Waals surface area contributed by atoms with E-state index in [1.807, 2.05) is 18.2 Å². The maximum atomic E-state index is 13.1. The number of imide groups is 1. The van der Waals surface area contributed by atoms with Gasteiger partial charge in [-0.1, -0.05) is 12.1 Å². The summed E-state index contributed by atoms with van der Waals surface area (Å²) >= 11 is 0.892. The first-order valence-electron chi connectivity index (χ1n) is 9.56. The van der Waals surface area contributed by atoms with E-state index < -0.39 is 0 Å². The van der Waals surface area contributed by atoms with Crippen molar-refractivity contribution >= 4 is 34.7 Å². The van der Waals surface area contributed by atoms with Gasteiger partial charge >= 0.3 is 0 Å². The van der Waals surface area contributed by atoms with Crippen molar-refractivity contribution in [3.63, 3.8) is 0 Å². The summed E-state index contributed by atoms with van der Waals surface area (Å²) in [6.07, 6.45) is 1.68. The van der Waals surface area contributed by atoms with Gasteiger partial charge in [-0.25, -0.2) is 4.39 Å². The smallest absolute Gasteiger partial charge is 0.293 e. The maximum Gasteiger partial charge on any atom is 0.293 e. The number of thioether (sulfide) groups is 1. The van der Waals surface area contributed by atoms with Crippen LogP contribution in [-0.4, -0.2) is 49.5 Å². The van der Waals surface area contributed by atoms with Gasteiger partial charge in [-0.2, -0.15) is 0 Å². The van der Waals surface area contributed by atoms with Crippen LogP contribution in [-0.2, 0) is 16.1 Å². The van der Waals surface area contributed by atoms with Gasteiger partial charge in [-0.05, 0) is 47.7 Å². The first-order valence-corrected chi connectivity index (χ1v) is 10.4. The van der Waals surface area contributed by atoms with Crippen LogP contribution < -0.4 is 9.64 Å². The number of carbonyl (C=O) groups excluding carboxylic acids is 2. The van der Waals surface area contributed by atoms with Gasteiger partial charge in [-0.3, -0.25) is 14.5 Å². The number of methoxy groups -OCH3 is 1. The average molecular weight is 428 g/mol. The molecule has 6 nitrogen and oxygen atoms in total. The predicted octanol–water partition coefficient (Wildman–Crippen LogP) is 3.91. The Labute approximate surface area is 178 Å². The van der Waals surface area contributed by atoms with E-state index >= 15 is 0 Å². The molecule has 8 heteroatoms. The second-order valence-electron chi connectivity index (χ2n) is 6.92. The molecule has 2 heterocycles. The number of hydrogen-bond acceptors (Lipinski definition) is 6. The number of halogens is 1. The van der Waals surface area contributed by atoms with E-state index in [-0.39, 0.29) is 23.5 Å². The quantitative estimate of drug-likeness (QED) is 0.673. The molecule has 156 valence electrons. The Morgan fingerprint density at radius 2 is 1.87 bits per heavy atom. The molecule has 30 heavy (non-hydrogen) atoms. The Morgan fingerprint density at radius 3 is 2.57 bits per heavy atom. The molecule has 0 N–H and O–H groups in total. The zero-order valence-electron chi connectivity index (χ0n) is 16.5. The number of morpholine rings is 1. The highest BCUT2D eigenvalue weighted by Gasteiger charge is 2.35. The number of anilines is 1. The van der Waals surface area contributed by atoms with Crippen LogP contribution in [0.15, 0.2) is 47.4 Å². The molecule has 0 aromatic heterocycles. The van der Waals surface area contributed by atoms with Crippen molar-refractivity contribution in [2.24, 2.45) is 0 Å². The summed E-state index contributed by atoms with van der Waals surface area (Å²) in [5, 5.41) is -0.348. The second-order valence-corrected chi connectivity index (χ2v) is 7.91. The van der Waals surface area contributed by atoms with E-state index in [9.17, 15) is 14.0 Å². The summed E-state index contributed by atoms with van der Waals surface area (Å²) in [5.74, 6) is -0.0987. The van der Waals surface area contributed by atoms with Crippen molar-refractivity contribution in [1.29, 1.82) is 0 Å². The van der Waals surface area contributed by atoms with Crippen molar-refractivity contribution in [3.05, 3.63) is 64.3 Å². The molecule has 2 amide bonds. The number of rotatable bonds is 5. The van der Waals surface area contributed by atoms with Gasteiger partial charge in [-0.15, -0.1) is 0 Å². The van der Waals surface area contributed by atoms with Gasteiger partial charge in [0.15, 0.2) is 0 Å². The van der Waals surface area contributed by atoms with Crippen molar-refractivity contribution in [2.75, 3.05) is 38.3 Å². The minimum atomic E-state index is -0.367. The third kappa shape index (κ3) is 4.34. The molecule has 2 fully saturated rings. The van der Waals surface area contributed by atoms with Crippen LogP contribution in [0.5, 0.6) is 5.75 Å². The number of benzene rings is 2. The molecule has 4 rings (SSSR count). The number of nitrogens with zero attached hydrogens (tertiary/aromatic N) is 2. The molecule has 2 aromatic rings. The van der Waals surface area contributed by atoms with Gasteiger partial charge in [0.1, 0.15) is 11.6 Å². The minimum absolute atomic E-state index is 0.107. The Morgan fingerprint density at radius 1 is 1.13 bits per heavy atom. The first-order chi connectivity index (χ1) is 14.5. The molecule has 0 aliphatic carbocycles. The van der Waals surface area contributed by atoms with Crippen LogP contribution in [0.2, 0.25) is 0 Å². The molecule has 2 saturated heterocycles. The van der Waals surface area contributed by atoms with E-state index in [4.69, 9.17) is 9.47 Å². The Hall–Kier alpha value is -2.84.